The molecule has 0 aliphatic carbocycles. The predicted molar refractivity (Wildman–Crippen MR) is 53.6 cm³/mol. The van der Waals surface area contributed by atoms with Gasteiger partial charge in [-0.2, -0.15) is 0 Å². The zero-order valence-electron chi connectivity index (χ0n) is 6.12. The first-order chi connectivity index (χ1) is 5.38. The van der Waals surface area contributed by atoms with Gasteiger partial charge in [0.15, 0.2) is 16.3 Å². The Labute approximate surface area is 77.2 Å². The van der Waals surface area contributed by atoms with E-state index in [9.17, 15) is 0 Å². The number of hydrogen-bond donors (Lipinski definition) is 0. The quantitative estimate of drug-likeness (QED) is 0.515. The average molecular weight is 158 g/mol. The zero-order valence-corrected chi connectivity index (χ0v) is 7.27. The molecule has 11 heavy (non-hydrogen) atoms. The van der Waals surface area contributed by atoms with Crippen LogP contribution in [0.5, 0.6) is 0 Å². The summed E-state index contributed by atoms with van der Waals surface area (Å²) >= 11 is 2.74. The van der Waals surface area contributed by atoms with Crippen LogP contribution in [-0.4, -0.2) is 16.3 Å². The second-order valence-electron chi connectivity index (χ2n) is 2.57. The van der Waals surface area contributed by atoms with E-state index in [1.54, 1.807) is 0 Å². The van der Waals surface area contributed by atoms with Crippen LogP contribution in [0.25, 0.3) is 10.8 Å². The molecule has 0 aliphatic heterocycles. The molecule has 0 aromatic heterocycles. The van der Waals surface area contributed by atoms with Crippen LogP contribution in [0.1, 0.15) is 2.85 Å². The molecule has 0 saturated heterocycles. The molecule has 0 fully saturated rings. The lowest BCUT2D eigenvalue weighted by atomic mass is 10.1. The molecule has 0 spiro atoms. The minimum atomic E-state index is 0. The molecule has 2 rings (SSSR count). The van der Waals surface area contributed by atoms with E-state index in [2.05, 4.69) is 58.8 Å². The van der Waals surface area contributed by atoms with Crippen molar-refractivity contribution in [2.24, 2.45) is 0 Å². The van der Waals surface area contributed by atoms with E-state index in [0.717, 1.165) is 0 Å². The first-order valence-corrected chi connectivity index (χ1v) is 4.19. The Morgan fingerprint density at radius 1 is 0.909 bits per heavy atom. The van der Waals surface area contributed by atoms with Gasteiger partial charge in [0, 0.05) is 2.85 Å². The van der Waals surface area contributed by atoms with Gasteiger partial charge in [0.25, 0.3) is 0 Å². The van der Waals surface area contributed by atoms with Crippen LogP contribution in [0.15, 0.2) is 42.5 Å². The van der Waals surface area contributed by atoms with E-state index in [0.29, 0.717) is 0 Å². The van der Waals surface area contributed by atoms with E-state index < -0.39 is 0 Å². The van der Waals surface area contributed by atoms with Gasteiger partial charge in [0.1, 0.15) is 0 Å². The Kier molecular flexibility index (Phi) is 1.69. The summed E-state index contributed by atoms with van der Waals surface area (Å²) in [5.74, 6) is 0. The predicted octanol–water partition coefficient (Wildman–Crippen LogP) is 2.13. The lowest BCUT2D eigenvalue weighted by Gasteiger charge is -2.00. The molecule has 0 amide bonds. The maximum Gasteiger partial charge on any atom is 0.176 e. The van der Waals surface area contributed by atoms with Crippen molar-refractivity contribution in [3.8, 4) is 0 Å². The van der Waals surface area contributed by atoms with Crippen molar-refractivity contribution in [1.82, 2.24) is 0 Å². The van der Waals surface area contributed by atoms with Gasteiger partial charge in [-0.05, 0) is 10.8 Å². The monoisotopic (exact) mass is 158 g/mol. The summed E-state index contributed by atoms with van der Waals surface area (Å²) in [5.41, 5.74) is 0. The molecule has 0 saturated carbocycles. The second kappa shape index (κ2) is 2.70. The molecule has 2 aromatic rings. The van der Waals surface area contributed by atoms with Gasteiger partial charge < -0.3 is 0 Å². The lowest BCUT2D eigenvalue weighted by Crippen LogP contribution is -2.01. The number of hydrogen-bond acceptors (Lipinski definition) is 0. The fraction of sp³-hybridized carbons (Fsp3) is 0. The van der Waals surface area contributed by atoms with Crippen molar-refractivity contribution in [2.75, 3.05) is 0 Å². The van der Waals surface area contributed by atoms with Crippen LogP contribution in [0, 0.1) is 0 Å². The molecule has 0 unspecified atom stereocenters. The molecular formula is C10H11Al. The molecule has 0 bridgehead atoms. The minimum Gasteiger partial charge on any atom is -0.131 e. The Balaban J connectivity index is 0.000000720. The van der Waals surface area contributed by atoms with E-state index >= 15 is 0 Å². The smallest absolute Gasteiger partial charge is 0.131 e. The largest absolute Gasteiger partial charge is 0.176 e. The highest BCUT2D eigenvalue weighted by Crippen LogP contribution is 2.08. The lowest BCUT2D eigenvalue weighted by molar-refractivity contribution is 1.78. The highest BCUT2D eigenvalue weighted by molar-refractivity contribution is 6.38. The number of benzene rings is 2. The first-order valence-electron chi connectivity index (χ1n) is 3.61. The molecule has 2 aromatic carbocycles. The van der Waals surface area contributed by atoms with Gasteiger partial charge in [-0.3, -0.25) is 0 Å². The SMILES string of the molecule is [Al][c]1cccc2ccccc12.[HH].[HH]. The van der Waals surface area contributed by atoms with Crippen LogP contribution in [0.4, 0.5) is 0 Å². The molecule has 0 nitrogen and oxygen atoms in total. The van der Waals surface area contributed by atoms with Gasteiger partial charge >= 0.3 is 0 Å². The molecule has 2 radical (unpaired) electrons. The molecule has 0 N–H and O–H groups in total. The third kappa shape index (κ3) is 1.18. The molecular weight excluding hydrogens is 147 g/mol. The first kappa shape index (κ1) is 6.91. The summed E-state index contributed by atoms with van der Waals surface area (Å²) in [7, 11) is 0. The molecule has 1 heteroatoms. The summed E-state index contributed by atoms with van der Waals surface area (Å²) < 4.78 is 1.27. The fourth-order valence-corrected chi connectivity index (χ4v) is 1.62. The summed E-state index contributed by atoms with van der Waals surface area (Å²) in [5, 5.41) is 2.63. The van der Waals surface area contributed by atoms with Crippen LogP contribution in [0.2, 0.25) is 0 Å². The standard InChI is InChI=1S/C10H7.Al.2H2/c1-2-6-10-8-4-3-7-9(10)5-1;;;/h1-7H;;2*1H. The van der Waals surface area contributed by atoms with E-state index in [1.807, 2.05) is 0 Å². The van der Waals surface area contributed by atoms with Crippen molar-refractivity contribution in [3.05, 3.63) is 42.5 Å². The van der Waals surface area contributed by atoms with Crippen LogP contribution in [-0.2, 0) is 0 Å². The highest BCUT2D eigenvalue weighted by Gasteiger charge is 1.91. The fourth-order valence-electron chi connectivity index (χ4n) is 1.25. The molecule has 54 valence electrons. The average Bonchev–Trinajstić information content (AvgIpc) is 2.06. The molecule has 0 aliphatic rings. The molecule has 0 heterocycles. The van der Waals surface area contributed by atoms with Gasteiger partial charge in [0.05, 0.1) is 0 Å². The Morgan fingerprint density at radius 2 is 1.64 bits per heavy atom. The topological polar surface area (TPSA) is 0 Å². The second-order valence-corrected chi connectivity index (χ2v) is 3.19. The van der Waals surface area contributed by atoms with Gasteiger partial charge in [-0.15, -0.1) is 4.43 Å². The third-order valence-corrected chi connectivity index (χ3v) is 2.33. The maximum atomic E-state index is 2.74. The maximum absolute atomic E-state index is 2.74. The van der Waals surface area contributed by atoms with Gasteiger partial charge in [-0.25, -0.2) is 0 Å². The Morgan fingerprint density at radius 3 is 2.45 bits per heavy atom. The third-order valence-electron chi connectivity index (χ3n) is 1.82. The van der Waals surface area contributed by atoms with E-state index in [-0.39, 0.29) is 2.85 Å². The number of fused-ring (bicyclic) bond motifs is 1. The van der Waals surface area contributed by atoms with Crippen molar-refractivity contribution in [1.29, 1.82) is 0 Å². The molecule has 0 atom stereocenters. The van der Waals surface area contributed by atoms with Crippen molar-refractivity contribution >= 4 is 31.5 Å². The Bertz CT molecular complexity index is 382. The van der Waals surface area contributed by atoms with Gasteiger partial charge in [0.2, 0.25) is 0 Å². The zero-order chi connectivity index (χ0) is 7.68. The summed E-state index contributed by atoms with van der Waals surface area (Å²) in [6, 6.07) is 14.7. The van der Waals surface area contributed by atoms with Crippen molar-refractivity contribution < 1.29 is 2.85 Å². The minimum absolute atomic E-state index is 0. The van der Waals surface area contributed by atoms with E-state index in [4.69, 9.17) is 0 Å². The normalized spacial score (nSPS) is 10.2. The van der Waals surface area contributed by atoms with Crippen molar-refractivity contribution in [3.63, 3.8) is 0 Å². The van der Waals surface area contributed by atoms with E-state index in [1.165, 1.54) is 15.2 Å². The number of rotatable bonds is 0. The van der Waals surface area contributed by atoms with Crippen LogP contribution < -0.4 is 4.43 Å². The van der Waals surface area contributed by atoms with Crippen molar-refractivity contribution in [2.45, 2.75) is 0 Å². The summed E-state index contributed by atoms with van der Waals surface area (Å²) in [4.78, 5) is 0. The summed E-state index contributed by atoms with van der Waals surface area (Å²) in [6.45, 7) is 0. The summed E-state index contributed by atoms with van der Waals surface area (Å²) in [6.07, 6.45) is 0. The van der Waals surface area contributed by atoms with Crippen LogP contribution in [0.3, 0.4) is 0 Å². The highest BCUT2D eigenvalue weighted by atomic mass is 27.0. The van der Waals surface area contributed by atoms with Gasteiger partial charge in [-0.1, -0.05) is 42.5 Å². The van der Waals surface area contributed by atoms with Crippen LogP contribution >= 0.6 is 0 Å². The Hall–Kier alpha value is -0.768.